The van der Waals surface area contributed by atoms with Gasteiger partial charge in [0.15, 0.2) is 0 Å². The second-order valence-electron chi connectivity index (χ2n) is 5.00. The lowest BCUT2D eigenvalue weighted by Gasteiger charge is -2.03. The molecule has 3 heteroatoms. The van der Waals surface area contributed by atoms with Gasteiger partial charge in [0.2, 0.25) is 5.88 Å². The van der Waals surface area contributed by atoms with E-state index in [0.29, 0.717) is 0 Å². The minimum absolute atomic E-state index is 0.144. The van der Waals surface area contributed by atoms with Gasteiger partial charge in [0.1, 0.15) is 0 Å². The van der Waals surface area contributed by atoms with Crippen molar-refractivity contribution in [3.63, 3.8) is 0 Å². The average molecular weight is 264 g/mol. The Morgan fingerprint density at radius 3 is 2.35 bits per heavy atom. The topological polar surface area (TPSA) is 38.0 Å². The van der Waals surface area contributed by atoms with Gasteiger partial charge in [0.05, 0.1) is 11.4 Å². The fraction of sp³-hybridized carbons (Fsp3) is 0.118. The molecule has 3 nitrogen and oxygen atoms in total. The van der Waals surface area contributed by atoms with Gasteiger partial charge in [-0.1, -0.05) is 41.5 Å². The highest BCUT2D eigenvalue weighted by Gasteiger charge is 2.10. The van der Waals surface area contributed by atoms with Crippen LogP contribution in [0.3, 0.4) is 0 Å². The zero-order valence-electron chi connectivity index (χ0n) is 11.5. The molecule has 0 fully saturated rings. The second-order valence-corrected chi connectivity index (χ2v) is 5.00. The summed E-state index contributed by atoms with van der Waals surface area (Å²) in [5.74, 6) is 0.144. The second kappa shape index (κ2) is 4.85. The molecule has 0 saturated carbocycles. The zero-order valence-corrected chi connectivity index (χ0v) is 11.5. The van der Waals surface area contributed by atoms with Gasteiger partial charge in [0.25, 0.3) is 0 Å². The highest BCUT2D eigenvalue weighted by Crippen LogP contribution is 2.25. The van der Waals surface area contributed by atoms with Crippen molar-refractivity contribution in [2.75, 3.05) is 0 Å². The summed E-state index contributed by atoms with van der Waals surface area (Å²) < 4.78 is 1.55. The van der Waals surface area contributed by atoms with E-state index >= 15 is 0 Å². The summed E-state index contributed by atoms with van der Waals surface area (Å²) in [6, 6.07) is 17.7. The van der Waals surface area contributed by atoms with Crippen molar-refractivity contribution in [2.45, 2.75) is 13.8 Å². The summed E-state index contributed by atoms with van der Waals surface area (Å²) in [5.41, 5.74) is 4.98. The van der Waals surface area contributed by atoms with Crippen molar-refractivity contribution in [1.82, 2.24) is 9.78 Å². The van der Waals surface area contributed by atoms with Gasteiger partial charge in [0, 0.05) is 11.6 Å². The first-order chi connectivity index (χ1) is 9.63. The zero-order chi connectivity index (χ0) is 14.1. The lowest BCUT2D eigenvalue weighted by Crippen LogP contribution is -1.96. The van der Waals surface area contributed by atoms with E-state index in [1.807, 2.05) is 56.3 Å². The van der Waals surface area contributed by atoms with Gasteiger partial charge >= 0.3 is 0 Å². The molecule has 3 aromatic rings. The molecule has 0 spiro atoms. The molecule has 0 radical (unpaired) electrons. The first kappa shape index (κ1) is 12.5. The number of benzene rings is 2. The highest BCUT2D eigenvalue weighted by atomic mass is 16.3. The Kier molecular flexibility index (Phi) is 3.03. The molecule has 0 bridgehead atoms. The van der Waals surface area contributed by atoms with E-state index in [0.717, 1.165) is 16.9 Å². The summed E-state index contributed by atoms with van der Waals surface area (Å²) in [5, 5.41) is 14.6. The number of hydrogen-bond acceptors (Lipinski definition) is 2. The van der Waals surface area contributed by atoms with Gasteiger partial charge in [-0.3, -0.25) is 0 Å². The smallest absolute Gasteiger partial charge is 0.214 e. The molecular formula is C17H16N2O. The summed E-state index contributed by atoms with van der Waals surface area (Å²) in [7, 11) is 0. The molecule has 0 atom stereocenters. The molecule has 20 heavy (non-hydrogen) atoms. The molecule has 3 rings (SSSR count). The van der Waals surface area contributed by atoms with E-state index in [1.54, 1.807) is 10.7 Å². The van der Waals surface area contributed by atoms with E-state index in [2.05, 4.69) is 11.2 Å². The molecule has 1 aromatic heterocycles. The molecule has 1 N–H and O–H groups in total. The van der Waals surface area contributed by atoms with E-state index in [1.165, 1.54) is 11.1 Å². The van der Waals surface area contributed by atoms with E-state index in [-0.39, 0.29) is 5.88 Å². The number of hydrogen-bond donors (Lipinski definition) is 1. The van der Waals surface area contributed by atoms with Crippen LogP contribution in [-0.4, -0.2) is 14.9 Å². The van der Waals surface area contributed by atoms with E-state index in [4.69, 9.17) is 0 Å². The van der Waals surface area contributed by atoms with Crippen LogP contribution in [0.4, 0.5) is 0 Å². The van der Waals surface area contributed by atoms with Crippen LogP contribution in [0.25, 0.3) is 16.9 Å². The Hall–Kier alpha value is -2.55. The largest absolute Gasteiger partial charge is 0.493 e. The lowest BCUT2D eigenvalue weighted by atomic mass is 10.1. The Labute approximate surface area is 118 Å². The standard InChI is InChI=1S/C17H16N2O/c1-12-6-8-15(9-7-12)19-17(20)11-16(18-19)14-5-3-4-13(2)10-14/h3-11,20H,1-2H3. The van der Waals surface area contributed by atoms with Crippen LogP contribution in [0.2, 0.25) is 0 Å². The number of nitrogens with zero attached hydrogens (tertiary/aromatic N) is 2. The lowest BCUT2D eigenvalue weighted by molar-refractivity contribution is 0.433. The van der Waals surface area contributed by atoms with Crippen molar-refractivity contribution in [2.24, 2.45) is 0 Å². The number of aromatic nitrogens is 2. The highest BCUT2D eigenvalue weighted by molar-refractivity contribution is 5.61. The van der Waals surface area contributed by atoms with Crippen molar-refractivity contribution in [3.05, 3.63) is 65.7 Å². The molecule has 0 unspecified atom stereocenters. The van der Waals surface area contributed by atoms with Crippen LogP contribution in [0.5, 0.6) is 5.88 Å². The van der Waals surface area contributed by atoms with Crippen LogP contribution < -0.4 is 0 Å². The molecule has 0 aliphatic rings. The van der Waals surface area contributed by atoms with Gasteiger partial charge < -0.3 is 5.11 Å². The van der Waals surface area contributed by atoms with Crippen LogP contribution in [0.15, 0.2) is 54.6 Å². The predicted molar refractivity (Wildman–Crippen MR) is 80.1 cm³/mol. The molecule has 0 amide bonds. The third-order valence-electron chi connectivity index (χ3n) is 3.28. The van der Waals surface area contributed by atoms with E-state index in [9.17, 15) is 5.11 Å². The Morgan fingerprint density at radius 1 is 0.900 bits per heavy atom. The van der Waals surface area contributed by atoms with Crippen LogP contribution in [0, 0.1) is 13.8 Å². The van der Waals surface area contributed by atoms with Crippen LogP contribution in [-0.2, 0) is 0 Å². The number of aromatic hydroxyl groups is 1. The average Bonchev–Trinajstić information content (AvgIpc) is 2.82. The SMILES string of the molecule is Cc1ccc(-n2nc(-c3cccc(C)c3)cc2O)cc1. The minimum atomic E-state index is 0.144. The van der Waals surface area contributed by atoms with Gasteiger partial charge in [-0.25, -0.2) is 4.68 Å². The normalized spacial score (nSPS) is 10.7. The number of rotatable bonds is 2. The third kappa shape index (κ3) is 2.30. The molecule has 1 heterocycles. The molecule has 0 aliphatic heterocycles. The molecule has 0 aliphatic carbocycles. The first-order valence-corrected chi connectivity index (χ1v) is 6.56. The van der Waals surface area contributed by atoms with Crippen molar-refractivity contribution in [1.29, 1.82) is 0 Å². The first-order valence-electron chi connectivity index (χ1n) is 6.56. The van der Waals surface area contributed by atoms with Crippen molar-refractivity contribution < 1.29 is 5.11 Å². The molecule has 0 saturated heterocycles. The maximum absolute atomic E-state index is 10.1. The molecular weight excluding hydrogens is 248 g/mol. The Balaban J connectivity index is 2.05. The minimum Gasteiger partial charge on any atom is -0.493 e. The summed E-state index contributed by atoms with van der Waals surface area (Å²) in [6.45, 7) is 4.07. The third-order valence-corrected chi connectivity index (χ3v) is 3.28. The number of aryl methyl sites for hydroxylation is 2. The summed E-state index contributed by atoms with van der Waals surface area (Å²) in [4.78, 5) is 0. The van der Waals surface area contributed by atoms with E-state index < -0.39 is 0 Å². The monoisotopic (exact) mass is 264 g/mol. The van der Waals surface area contributed by atoms with Gasteiger partial charge in [-0.05, 0) is 32.0 Å². The van der Waals surface area contributed by atoms with Crippen molar-refractivity contribution >= 4 is 0 Å². The summed E-state index contributed by atoms with van der Waals surface area (Å²) >= 11 is 0. The van der Waals surface area contributed by atoms with Gasteiger partial charge in [-0.2, -0.15) is 5.10 Å². The van der Waals surface area contributed by atoms with Gasteiger partial charge in [-0.15, -0.1) is 0 Å². The predicted octanol–water partition coefficient (Wildman–Crippen LogP) is 3.86. The Bertz CT molecular complexity index is 742. The van der Waals surface area contributed by atoms with Crippen LogP contribution in [0.1, 0.15) is 11.1 Å². The van der Waals surface area contributed by atoms with Crippen LogP contribution >= 0.6 is 0 Å². The quantitative estimate of drug-likeness (QED) is 0.763. The molecule has 100 valence electrons. The maximum atomic E-state index is 10.1. The van der Waals surface area contributed by atoms with Crippen molar-refractivity contribution in [3.8, 4) is 22.8 Å². The Morgan fingerprint density at radius 2 is 1.65 bits per heavy atom. The summed E-state index contributed by atoms with van der Waals surface area (Å²) in [6.07, 6.45) is 0. The molecule has 2 aromatic carbocycles. The fourth-order valence-electron chi connectivity index (χ4n) is 2.19. The fourth-order valence-corrected chi connectivity index (χ4v) is 2.19. The maximum Gasteiger partial charge on any atom is 0.214 e.